The van der Waals surface area contributed by atoms with E-state index < -0.39 is 16.0 Å². The fourth-order valence-electron chi connectivity index (χ4n) is 2.15. The summed E-state index contributed by atoms with van der Waals surface area (Å²) in [4.78, 5) is 13.4. The van der Waals surface area contributed by atoms with Gasteiger partial charge < -0.3 is 5.11 Å². The number of carboxylic acid groups (broad SMARTS) is 1. The van der Waals surface area contributed by atoms with Gasteiger partial charge in [-0.15, -0.1) is 0 Å². The molecule has 2 aromatic rings. The van der Waals surface area contributed by atoms with Crippen molar-refractivity contribution in [3.63, 3.8) is 0 Å². The first-order chi connectivity index (χ1) is 11.2. The Balaban J connectivity index is 2.21. The largest absolute Gasteiger partial charge is 0.478 e. The Morgan fingerprint density at radius 2 is 1.67 bits per heavy atom. The lowest BCUT2D eigenvalue weighted by molar-refractivity contribution is 0.0696. The molecule has 2 rings (SSSR count). The first-order valence-corrected chi connectivity index (χ1v) is 8.66. The van der Waals surface area contributed by atoms with Crippen molar-refractivity contribution >= 4 is 22.2 Å². The summed E-state index contributed by atoms with van der Waals surface area (Å²) in [5, 5.41) is 12.9. The standard InChI is InChI=1S/C17H18N2O4S/c1-11-4-7-15(8-5-11)24(22,23)19-18-10-14-6-9-16(17(20)21)13(3)12(14)2/h4-10,19H,1-3H3,(H,20,21). The second-order valence-corrected chi connectivity index (χ2v) is 7.08. The van der Waals surface area contributed by atoms with E-state index in [1.165, 1.54) is 24.4 Å². The van der Waals surface area contributed by atoms with Crippen LogP contribution in [0.3, 0.4) is 0 Å². The average molecular weight is 346 g/mol. The Hall–Kier alpha value is -2.67. The lowest BCUT2D eigenvalue weighted by atomic mass is 9.99. The maximum atomic E-state index is 12.1. The van der Waals surface area contributed by atoms with E-state index >= 15 is 0 Å². The molecule has 7 heteroatoms. The smallest absolute Gasteiger partial charge is 0.335 e. The van der Waals surface area contributed by atoms with Crippen LogP contribution >= 0.6 is 0 Å². The topological polar surface area (TPSA) is 95.8 Å². The fourth-order valence-corrected chi connectivity index (χ4v) is 2.94. The highest BCUT2D eigenvalue weighted by Gasteiger charge is 2.13. The minimum Gasteiger partial charge on any atom is -0.478 e. The number of aromatic carboxylic acids is 1. The normalized spacial score (nSPS) is 11.6. The molecule has 0 aliphatic rings. The van der Waals surface area contributed by atoms with Crippen LogP contribution in [0.5, 0.6) is 0 Å². The Bertz CT molecular complexity index is 901. The van der Waals surface area contributed by atoms with Crippen molar-refractivity contribution in [1.82, 2.24) is 4.83 Å². The maximum Gasteiger partial charge on any atom is 0.335 e. The van der Waals surface area contributed by atoms with Gasteiger partial charge in [0.1, 0.15) is 0 Å². The monoisotopic (exact) mass is 346 g/mol. The van der Waals surface area contributed by atoms with Gasteiger partial charge in [0.25, 0.3) is 10.0 Å². The van der Waals surface area contributed by atoms with Gasteiger partial charge >= 0.3 is 5.97 Å². The van der Waals surface area contributed by atoms with E-state index in [-0.39, 0.29) is 10.5 Å². The van der Waals surface area contributed by atoms with Crippen LogP contribution in [-0.4, -0.2) is 25.7 Å². The molecule has 2 aromatic carbocycles. The highest BCUT2D eigenvalue weighted by Crippen LogP contribution is 2.17. The Morgan fingerprint density at radius 1 is 1.04 bits per heavy atom. The van der Waals surface area contributed by atoms with E-state index in [1.54, 1.807) is 32.0 Å². The number of nitrogens with one attached hydrogen (secondary N) is 1. The molecule has 0 aromatic heterocycles. The van der Waals surface area contributed by atoms with Gasteiger partial charge in [0.2, 0.25) is 0 Å². The lowest BCUT2D eigenvalue weighted by Crippen LogP contribution is -2.18. The number of hydrogen-bond donors (Lipinski definition) is 2. The second kappa shape index (κ2) is 6.84. The summed E-state index contributed by atoms with van der Waals surface area (Å²) >= 11 is 0. The molecule has 0 heterocycles. The number of sulfonamides is 1. The van der Waals surface area contributed by atoms with Crippen molar-refractivity contribution in [2.45, 2.75) is 25.7 Å². The minimum absolute atomic E-state index is 0.124. The zero-order valence-corrected chi connectivity index (χ0v) is 14.4. The first kappa shape index (κ1) is 17.7. The summed E-state index contributed by atoms with van der Waals surface area (Å²) in [5.41, 5.74) is 3.16. The van der Waals surface area contributed by atoms with Gasteiger partial charge in [-0.05, 0) is 55.7 Å². The second-order valence-electron chi connectivity index (χ2n) is 5.42. The Morgan fingerprint density at radius 3 is 2.25 bits per heavy atom. The zero-order valence-electron chi connectivity index (χ0n) is 13.6. The molecule has 0 aliphatic carbocycles. The molecule has 24 heavy (non-hydrogen) atoms. The predicted octanol–water partition coefficient (Wildman–Crippen LogP) is 2.62. The quantitative estimate of drug-likeness (QED) is 0.642. The minimum atomic E-state index is -3.73. The molecule has 0 amide bonds. The summed E-state index contributed by atoms with van der Waals surface area (Å²) < 4.78 is 24.3. The summed E-state index contributed by atoms with van der Waals surface area (Å²) in [6, 6.07) is 9.48. The third-order valence-electron chi connectivity index (χ3n) is 3.77. The summed E-state index contributed by atoms with van der Waals surface area (Å²) in [6.07, 6.45) is 1.36. The highest BCUT2D eigenvalue weighted by molar-refractivity contribution is 7.89. The molecule has 6 nitrogen and oxygen atoms in total. The van der Waals surface area contributed by atoms with Crippen molar-refractivity contribution in [2.24, 2.45) is 5.10 Å². The van der Waals surface area contributed by atoms with Crippen LogP contribution in [-0.2, 0) is 10.0 Å². The van der Waals surface area contributed by atoms with Crippen LogP contribution < -0.4 is 4.83 Å². The third-order valence-corrected chi connectivity index (χ3v) is 5.01. The van der Waals surface area contributed by atoms with E-state index in [0.29, 0.717) is 11.1 Å². The molecule has 0 spiro atoms. The fraction of sp³-hybridized carbons (Fsp3) is 0.176. The summed E-state index contributed by atoms with van der Waals surface area (Å²) in [6.45, 7) is 5.33. The zero-order chi connectivity index (χ0) is 17.9. The van der Waals surface area contributed by atoms with Crippen LogP contribution in [0.25, 0.3) is 0 Å². The first-order valence-electron chi connectivity index (χ1n) is 7.17. The SMILES string of the molecule is Cc1ccc(S(=O)(=O)NN=Cc2ccc(C(=O)O)c(C)c2C)cc1. The van der Waals surface area contributed by atoms with Crippen LogP contribution in [0.1, 0.15) is 32.6 Å². The number of hydrogen-bond acceptors (Lipinski definition) is 4. The molecule has 0 atom stereocenters. The van der Waals surface area contributed by atoms with E-state index in [1.807, 2.05) is 6.92 Å². The van der Waals surface area contributed by atoms with Gasteiger partial charge in [0, 0.05) is 0 Å². The van der Waals surface area contributed by atoms with Crippen molar-refractivity contribution in [1.29, 1.82) is 0 Å². The Labute approximate surface area is 140 Å². The van der Waals surface area contributed by atoms with Crippen LogP contribution in [0.15, 0.2) is 46.4 Å². The average Bonchev–Trinajstić information content (AvgIpc) is 2.51. The summed E-state index contributed by atoms with van der Waals surface area (Å²) in [7, 11) is -3.73. The molecule has 0 aliphatic heterocycles. The Kier molecular flexibility index (Phi) is 5.04. The lowest BCUT2D eigenvalue weighted by Gasteiger charge is -2.08. The van der Waals surface area contributed by atoms with Crippen molar-refractivity contribution in [3.8, 4) is 0 Å². The number of benzene rings is 2. The van der Waals surface area contributed by atoms with Crippen LogP contribution in [0.2, 0.25) is 0 Å². The third kappa shape index (κ3) is 3.80. The van der Waals surface area contributed by atoms with Gasteiger partial charge in [-0.3, -0.25) is 0 Å². The van der Waals surface area contributed by atoms with E-state index in [2.05, 4.69) is 9.93 Å². The van der Waals surface area contributed by atoms with Gasteiger partial charge in [0.15, 0.2) is 0 Å². The molecule has 0 radical (unpaired) electrons. The van der Waals surface area contributed by atoms with Crippen LogP contribution in [0, 0.1) is 20.8 Å². The van der Waals surface area contributed by atoms with Crippen LogP contribution in [0.4, 0.5) is 0 Å². The van der Waals surface area contributed by atoms with Gasteiger partial charge in [0.05, 0.1) is 16.7 Å². The highest BCUT2D eigenvalue weighted by atomic mass is 32.2. The molecule has 2 N–H and O–H groups in total. The van der Waals surface area contributed by atoms with Crippen molar-refractivity contribution in [3.05, 3.63) is 64.2 Å². The number of carbonyl (C=O) groups is 1. The molecule has 126 valence electrons. The molecule has 0 unspecified atom stereocenters. The molecule has 0 saturated carbocycles. The van der Waals surface area contributed by atoms with E-state index in [4.69, 9.17) is 5.11 Å². The predicted molar refractivity (Wildman–Crippen MR) is 92.0 cm³/mol. The number of rotatable bonds is 5. The van der Waals surface area contributed by atoms with Gasteiger partial charge in [-0.25, -0.2) is 9.63 Å². The maximum absolute atomic E-state index is 12.1. The molecule has 0 fully saturated rings. The number of aryl methyl sites for hydroxylation is 1. The van der Waals surface area contributed by atoms with Gasteiger partial charge in [-0.1, -0.05) is 23.8 Å². The van der Waals surface area contributed by atoms with E-state index in [9.17, 15) is 13.2 Å². The molecule has 0 bridgehead atoms. The number of nitrogens with zero attached hydrogens (tertiary/aromatic N) is 1. The summed E-state index contributed by atoms with van der Waals surface area (Å²) in [5.74, 6) is -1.00. The van der Waals surface area contributed by atoms with Crippen molar-refractivity contribution < 1.29 is 18.3 Å². The molecular formula is C17H18N2O4S. The number of hydrazone groups is 1. The number of carboxylic acids is 1. The van der Waals surface area contributed by atoms with Crippen molar-refractivity contribution in [2.75, 3.05) is 0 Å². The molecular weight excluding hydrogens is 328 g/mol. The molecule has 0 saturated heterocycles. The van der Waals surface area contributed by atoms with Gasteiger partial charge in [-0.2, -0.15) is 13.5 Å². The van der Waals surface area contributed by atoms with E-state index in [0.717, 1.165) is 11.1 Å².